The zero-order valence-corrected chi connectivity index (χ0v) is 11.6. The number of carboxylic acid groups (broad SMARTS) is 1. The average Bonchev–Trinajstić information content (AvgIpc) is 2.97. The highest BCUT2D eigenvalue weighted by molar-refractivity contribution is 5.87. The molecule has 5 unspecified atom stereocenters. The molecular formula is C14H21NO4. The Bertz CT molecular complexity index is 406. The molecule has 0 radical (unpaired) electrons. The summed E-state index contributed by atoms with van der Waals surface area (Å²) in [5, 5.41) is 9.35. The molecule has 0 aromatic carbocycles. The molecule has 1 fully saturated rings. The molecule has 2 aliphatic carbocycles. The summed E-state index contributed by atoms with van der Waals surface area (Å²) in [5.41, 5.74) is 0. The minimum atomic E-state index is -0.858. The maximum Gasteiger partial charge on any atom is 0.307 e. The standard InChI is InChI=1S/C14H21NO4/c1-8(7-19-3)15(2)13(16)11-9-4-5-10(6-9)12(11)14(17)18/h4-5,8-12H,6-7H2,1-3H3,(H,17,18). The molecule has 0 saturated heterocycles. The quantitative estimate of drug-likeness (QED) is 0.755. The second-order valence-electron chi connectivity index (χ2n) is 5.59. The van der Waals surface area contributed by atoms with Crippen LogP contribution in [-0.4, -0.2) is 48.7 Å². The predicted molar refractivity (Wildman–Crippen MR) is 69.5 cm³/mol. The third kappa shape index (κ3) is 2.39. The summed E-state index contributed by atoms with van der Waals surface area (Å²) in [6.07, 6.45) is 4.74. The van der Waals surface area contributed by atoms with Crippen molar-refractivity contribution in [3.05, 3.63) is 12.2 Å². The average molecular weight is 267 g/mol. The van der Waals surface area contributed by atoms with Gasteiger partial charge >= 0.3 is 5.97 Å². The lowest BCUT2D eigenvalue weighted by Gasteiger charge is -2.31. The van der Waals surface area contributed by atoms with E-state index >= 15 is 0 Å². The number of likely N-dealkylation sites (N-methyl/N-ethyl adjacent to an activating group) is 1. The number of hydrogen-bond acceptors (Lipinski definition) is 3. The van der Waals surface area contributed by atoms with Gasteiger partial charge in [0.05, 0.1) is 24.5 Å². The molecule has 5 nitrogen and oxygen atoms in total. The first-order valence-corrected chi connectivity index (χ1v) is 6.64. The Morgan fingerprint density at radius 2 is 1.95 bits per heavy atom. The summed E-state index contributed by atoms with van der Waals surface area (Å²) in [6.45, 7) is 2.36. The number of amides is 1. The number of allylic oxidation sites excluding steroid dienone is 2. The van der Waals surface area contributed by atoms with Crippen LogP contribution >= 0.6 is 0 Å². The smallest absolute Gasteiger partial charge is 0.307 e. The van der Waals surface area contributed by atoms with Crippen LogP contribution in [0.4, 0.5) is 0 Å². The Labute approximate surface area is 113 Å². The number of rotatable bonds is 5. The third-order valence-corrected chi connectivity index (χ3v) is 4.45. The number of aliphatic carboxylic acids is 1. The maximum atomic E-state index is 12.5. The molecule has 5 heteroatoms. The largest absolute Gasteiger partial charge is 0.481 e. The number of ether oxygens (including phenoxy) is 1. The highest BCUT2D eigenvalue weighted by atomic mass is 16.5. The van der Waals surface area contributed by atoms with Gasteiger partial charge in [0.25, 0.3) is 0 Å². The number of carboxylic acids is 1. The van der Waals surface area contributed by atoms with E-state index in [4.69, 9.17) is 4.74 Å². The van der Waals surface area contributed by atoms with Gasteiger partial charge < -0.3 is 14.7 Å². The number of hydrogen-bond donors (Lipinski definition) is 1. The molecule has 19 heavy (non-hydrogen) atoms. The van der Waals surface area contributed by atoms with E-state index in [-0.39, 0.29) is 23.8 Å². The van der Waals surface area contributed by atoms with E-state index in [1.165, 1.54) is 0 Å². The van der Waals surface area contributed by atoms with E-state index in [2.05, 4.69) is 0 Å². The van der Waals surface area contributed by atoms with Crippen LogP contribution in [-0.2, 0) is 14.3 Å². The Kier molecular flexibility index (Phi) is 3.94. The van der Waals surface area contributed by atoms with Gasteiger partial charge in [0, 0.05) is 14.2 Å². The van der Waals surface area contributed by atoms with E-state index in [1.54, 1.807) is 19.1 Å². The molecule has 2 bridgehead atoms. The molecule has 2 rings (SSSR count). The van der Waals surface area contributed by atoms with Gasteiger partial charge in [-0.2, -0.15) is 0 Å². The van der Waals surface area contributed by atoms with Crippen molar-refractivity contribution in [2.75, 3.05) is 20.8 Å². The van der Waals surface area contributed by atoms with E-state index in [0.29, 0.717) is 6.61 Å². The van der Waals surface area contributed by atoms with E-state index in [0.717, 1.165) is 6.42 Å². The summed E-state index contributed by atoms with van der Waals surface area (Å²) in [5.74, 6) is -1.83. The van der Waals surface area contributed by atoms with Crippen molar-refractivity contribution in [3.8, 4) is 0 Å². The van der Waals surface area contributed by atoms with Gasteiger partial charge in [-0.25, -0.2) is 0 Å². The topological polar surface area (TPSA) is 66.8 Å². The van der Waals surface area contributed by atoms with Crippen molar-refractivity contribution < 1.29 is 19.4 Å². The van der Waals surface area contributed by atoms with Crippen molar-refractivity contribution in [2.24, 2.45) is 23.7 Å². The van der Waals surface area contributed by atoms with Gasteiger partial charge in [0.1, 0.15) is 0 Å². The maximum absolute atomic E-state index is 12.5. The molecule has 0 aromatic heterocycles. The van der Waals surface area contributed by atoms with Gasteiger partial charge in [0.15, 0.2) is 0 Å². The molecule has 2 aliphatic rings. The second kappa shape index (κ2) is 5.33. The Morgan fingerprint density at radius 1 is 1.37 bits per heavy atom. The molecule has 1 saturated carbocycles. The van der Waals surface area contributed by atoms with Crippen LogP contribution < -0.4 is 0 Å². The third-order valence-electron chi connectivity index (χ3n) is 4.45. The molecule has 5 atom stereocenters. The van der Waals surface area contributed by atoms with Crippen LogP contribution in [0.3, 0.4) is 0 Å². The summed E-state index contributed by atoms with van der Waals surface area (Å²) < 4.78 is 5.05. The number of methoxy groups -OCH3 is 1. The van der Waals surface area contributed by atoms with Crippen molar-refractivity contribution in [1.29, 1.82) is 0 Å². The van der Waals surface area contributed by atoms with E-state index in [1.807, 2.05) is 19.1 Å². The zero-order chi connectivity index (χ0) is 14.2. The lowest BCUT2D eigenvalue weighted by atomic mass is 9.82. The summed E-state index contributed by atoms with van der Waals surface area (Å²) in [7, 11) is 3.32. The molecule has 0 aliphatic heterocycles. The Morgan fingerprint density at radius 3 is 2.47 bits per heavy atom. The van der Waals surface area contributed by atoms with Crippen LogP contribution in [0.25, 0.3) is 0 Å². The van der Waals surface area contributed by atoms with Crippen LogP contribution in [0.1, 0.15) is 13.3 Å². The Balaban J connectivity index is 2.14. The fourth-order valence-electron chi connectivity index (χ4n) is 3.30. The van der Waals surface area contributed by atoms with Crippen LogP contribution in [0.15, 0.2) is 12.2 Å². The fourth-order valence-corrected chi connectivity index (χ4v) is 3.30. The molecule has 0 aromatic rings. The first-order valence-electron chi connectivity index (χ1n) is 6.64. The van der Waals surface area contributed by atoms with Crippen LogP contribution in [0.2, 0.25) is 0 Å². The predicted octanol–water partition coefficient (Wildman–Crippen LogP) is 1.00. The van der Waals surface area contributed by atoms with Gasteiger partial charge in [-0.1, -0.05) is 12.2 Å². The minimum Gasteiger partial charge on any atom is -0.481 e. The van der Waals surface area contributed by atoms with Crippen molar-refractivity contribution in [3.63, 3.8) is 0 Å². The van der Waals surface area contributed by atoms with Gasteiger partial charge in [-0.15, -0.1) is 0 Å². The van der Waals surface area contributed by atoms with Gasteiger partial charge in [-0.05, 0) is 25.2 Å². The molecule has 0 heterocycles. The lowest BCUT2D eigenvalue weighted by molar-refractivity contribution is -0.151. The lowest BCUT2D eigenvalue weighted by Crippen LogP contribution is -2.45. The highest BCUT2D eigenvalue weighted by Gasteiger charge is 2.52. The van der Waals surface area contributed by atoms with Gasteiger partial charge in [-0.3, -0.25) is 9.59 Å². The highest BCUT2D eigenvalue weighted by Crippen LogP contribution is 2.48. The summed E-state index contributed by atoms with van der Waals surface area (Å²) in [4.78, 5) is 25.6. The minimum absolute atomic E-state index is 0.0163. The SMILES string of the molecule is COCC(C)N(C)C(=O)C1C2C=CC(C2)C1C(=O)O. The summed E-state index contributed by atoms with van der Waals surface area (Å²) in [6, 6.07) is -0.0462. The molecular weight excluding hydrogens is 246 g/mol. The number of carbonyl (C=O) groups is 2. The Hall–Kier alpha value is -1.36. The van der Waals surface area contributed by atoms with Crippen LogP contribution in [0, 0.1) is 23.7 Å². The molecule has 0 spiro atoms. The van der Waals surface area contributed by atoms with Crippen molar-refractivity contribution in [2.45, 2.75) is 19.4 Å². The number of carbonyl (C=O) groups excluding carboxylic acids is 1. The molecule has 1 amide bonds. The molecule has 1 N–H and O–H groups in total. The first kappa shape index (κ1) is 14.1. The van der Waals surface area contributed by atoms with E-state index in [9.17, 15) is 14.7 Å². The van der Waals surface area contributed by atoms with Gasteiger partial charge in [0.2, 0.25) is 5.91 Å². The summed E-state index contributed by atoms with van der Waals surface area (Å²) >= 11 is 0. The van der Waals surface area contributed by atoms with E-state index < -0.39 is 17.8 Å². The number of fused-ring (bicyclic) bond motifs is 2. The second-order valence-corrected chi connectivity index (χ2v) is 5.59. The monoisotopic (exact) mass is 267 g/mol. The number of nitrogens with zero attached hydrogens (tertiary/aromatic N) is 1. The first-order chi connectivity index (χ1) is 8.97. The van der Waals surface area contributed by atoms with Crippen molar-refractivity contribution in [1.82, 2.24) is 4.90 Å². The van der Waals surface area contributed by atoms with Crippen LogP contribution in [0.5, 0.6) is 0 Å². The molecule has 106 valence electrons. The van der Waals surface area contributed by atoms with Crippen molar-refractivity contribution >= 4 is 11.9 Å². The fraction of sp³-hybridized carbons (Fsp3) is 0.714. The zero-order valence-electron chi connectivity index (χ0n) is 11.6. The normalized spacial score (nSPS) is 33.4.